The summed E-state index contributed by atoms with van der Waals surface area (Å²) in [6.07, 6.45) is 1.58. The van der Waals surface area contributed by atoms with Gasteiger partial charge in [0, 0.05) is 5.39 Å². The number of aromatic nitrogens is 3. The van der Waals surface area contributed by atoms with Crippen LogP contribution in [-0.2, 0) is 16.6 Å². The molecule has 4 aromatic rings. The molecule has 1 unspecified atom stereocenters. The molecular formula is C18H13N3OS. The van der Waals surface area contributed by atoms with Crippen LogP contribution < -0.4 is 0 Å². The minimum atomic E-state index is -1.27. The van der Waals surface area contributed by atoms with E-state index in [1.54, 1.807) is 6.20 Å². The van der Waals surface area contributed by atoms with Gasteiger partial charge in [0.15, 0.2) is 0 Å². The Bertz CT molecular complexity index is 1030. The van der Waals surface area contributed by atoms with E-state index in [9.17, 15) is 4.21 Å². The van der Waals surface area contributed by atoms with Crippen LogP contribution in [-0.4, -0.2) is 19.2 Å². The molecule has 0 fully saturated rings. The molecule has 0 saturated carbocycles. The number of hydrogen-bond donors (Lipinski definition) is 0. The van der Waals surface area contributed by atoms with Crippen LogP contribution in [0, 0.1) is 0 Å². The van der Waals surface area contributed by atoms with Crippen molar-refractivity contribution in [2.45, 2.75) is 10.8 Å². The van der Waals surface area contributed by atoms with Crippen LogP contribution in [0.1, 0.15) is 5.69 Å². The lowest BCUT2D eigenvalue weighted by atomic mass is 10.2. The maximum atomic E-state index is 12.6. The second-order valence-corrected chi connectivity index (χ2v) is 6.58. The Balaban J connectivity index is 1.64. The average molecular weight is 319 g/mol. The Morgan fingerprint density at radius 2 is 1.52 bits per heavy atom. The second kappa shape index (κ2) is 5.85. The molecular weight excluding hydrogens is 306 g/mol. The maximum absolute atomic E-state index is 12.6. The molecule has 0 aliphatic heterocycles. The first-order chi connectivity index (χ1) is 11.3. The summed E-state index contributed by atoms with van der Waals surface area (Å²) >= 11 is 0. The van der Waals surface area contributed by atoms with E-state index in [1.165, 1.54) is 0 Å². The Kier molecular flexibility index (Phi) is 3.55. The van der Waals surface area contributed by atoms with Crippen molar-refractivity contribution < 1.29 is 4.21 Å². The molecule has 0 N–H and O–H groups in total. The molecule has 0 amide bonds. The first-order valence-corrected chi connectivity index (χ1v) is 8.56. The number of fused-ring (bicyclic) bond motifs is 2. The van der Waals surface area contributed by atoms with E-state index in [-0.39, 0.29) is 0 Å². The third kappa shape index (κ3) is 2.83. The number of hydrogen-bond acceptors (Lipinski definition) is 4. The quantitative estimate of drug-likeness (QED) is 0.580. The smallest absolute Gasteiger partial charge is 0.146 e. The van der Waals surface area contributed by atoms with Gasteiger partial charge >= 0.3 is 0 Å². The fourth-order valence-corrected chi connectivity index (χ4v) is 3.39. The topological polar surface area (TPSA) is 55.7 Å². The van der Waals surface area contributed by atoms with E-state index in [0.29, 0.717) is 10.8 Å². The van der Waals surface area contributed by atoms with Gasteiger partial charge in [0.05, 0.1) is 45.0 Å². The zero-order chi connectivity index (χ0) is 15.6. The highest BCUT2D eigenvalue weighted by Gasteiger charge is 2.10. The lowest BCUT2D eigenvalue weighted by molar-refractivity contribution is 0.679. The minimum absolute atomic E-state index is 0.331. The molecule has 5 heteroatoms. The van der Waals surface area contributed by atoms with Crippen LogP contribution in [0.4, 0.5) is 0 Å². The van der Waals surface area contributed by atoms with Gasteiger partial charge in [0.2, 0.25) is 0 Å². The van der Waals surface area contributed by atoms with Crippen molar-refractivity contribution >= 4 is 32.7 Å². The number of pyridine rings is 1. The summed E-state index contributed by atoms with van der Waals surface area (Å²) in [6.45, 7) is 0. The van der Waals surface area contributed by atoms with E-state index >= 15 is 0 Å². The van der Waals surface area contributed by atoms with Gasteiger partial charge in [-0.25, -0.2) is 4.98 Å². The summed E-state index contributed by atoms with van der Waals surface area (Å²) in [5.74, 6) is 0.331. The first kappa shape index (κ1) is 14.0. The highest BCUT2D eigenvalue weighted by atomic mass is 32.2. The Morgan fingerprint density at radius 1 is 0.783 bits per heavy atom. The van der Waals surface area contributed by atoms with Crippen molar-refractivity contribution in [3.63, 3.8) is 0 Å². The van der Waals surface area contributed by atoms with Gasteiger partial charge < -0.3 is 0 Å². The molecule has 0 saturated heterocycles. The van der Waals surface area contributed by atoms with Crippen LogP contribution in [0.5, 0.6) is 0 Å². The number of benzene rings is 2. The molecule has 4 nitrogen and oxygen atoms in total. The predicted octanol–water partition coefficient (Wildman–Crippen LogP) is 3.49. The summed E-state index contributed by atoms with van der Waals surface area (Å²) in [7, 11) is -1.27. The van der Waals surface area contributed by atoms with Crippen molar-refractivity contribution in [2.75, 3.05) is 0 Å². The monoisotopic (exact) mass is 319 g/mol. The molecule has 1 atom stereocenters. The minimum Gasteiger partial charge on any atom is -0.252 e. The third-order valence-electron chi connectivity index (χ3n) is 3.59. The molecule has 0 aliphatic rings. The molecule has 4 rings (SSSR count). The van der Waals surface area contributed by atoms with Crippen molar-refractivity contribution in [1.29, 1.82) is 0 Å². The van der Waals surface area contributed by atoms with Crippen LogP contribution in [0.2, 0.25) is 0 Å². The highest BCUT2D eigenvalue weighted by molar-refractivity contribution is 7.84. The fourth-order valence-electron chi connectivity index (χ4n) is 2.45. The molecule has 2 aromatic carbocycles. The zero-order valence-corrected chi connectivity index (χ0v) is 13.0. The van der Waals surface area contributed by atoms with E-state index in [4.69, 9.17) is 0 Å². The van der Waals surface area contributed by atoms with Crippen molar-refractivity contribution in [1.82, 2.24) is 15.0 Å². The Morgan fingerprint density at radius 3 is 2.39 bits per heavy atom. The normalized spacial score (nSPS) is 12.5. The van der Waals surface area contributed by atoms with Crippen molar-refractivity contribution in [3.05, 3.63) is 72.6 Å². The lowest BCUT2D eigenvalue weighted by Crippen LogP contribution is -2.02. The van der Waals surface area contributed by atoms with Gasteiger partial charge in [-0.15, -0.1) is 0 Å². The van der Waals surface area contributed by atoms with Gasteiger partial charge in [0.25, 0.3) is 0 Å². The van der Waals surface area contributed by atoms with Gasteiger partial charge in [-0.3, -0.25) is 14.2 Å². The summed E-state index contributed by atoms with van der Waals surface area (Å²) < 4.78 is 12.6. The largest absolute Gasteiger partial charge is 0.252 e. The molecule has 0 radical (unpaired) electrons. The molecule has 0 aliphatic carbocycles. The average Bonchev–Trinajstić information content (AvgIpc) is 2.61. The molecule has 0 spiro atoms. The van der Waals surface area contributed by atoms with E-state index < -0.39 is 10.8 Å². The molecule has 112 valence electrons. The highest BCUT2D eigenvalue weighted by Crippen LogP contribution is 2.16. The lowest BCUT2D eigenvalue weighted by Gasteiger charge is -2.04. The van der Waals surface area contributed by atoms with Crippen molar-refractivity contribution in [3.8, 4) is 0 Å². The number of rotatable bonds is 3. The van der Waals surface area contributed by atoms with Crippen molar-refractivity contribution in [2.24, 2.45) is 0 Å². The van der Waals surface area contributed by atoms with E-state index in [1.807, 2.05) is 60.7 Å². The zero-order valence-electron chi connectivity index (χ0n) is 12.2. The summed E-state index contributed by atoms with van der Waals surface area (Å²) in [4.78, 5) is 13.3. The van der Waals surface area contributed by atoms with Crippen LogP contribution >= 0.6 is 0 Å². The van der Waals surface area contributed by atoms with E-state index in [2.05, 4.69) is 15.0 Å². The Hall–Kier alpha value is -2.66. The van der Waals surface area contributed by atoms with E-state index in [0.717, 1.165) is 27.6 Å². The van der Waals surface area contributed by atoms with Crippen LogP contribution in [0.3, 0.4) is 0 Å². The SMILES string of the molecule is O=S(Cc1ccc2ccccc2n1)c1cnc2ccccc2n1. The van der Waals surface area contributed by atoms with Gasteiger partial charge in [-0.05, 0) is 24.3 Å². The first-order valence-electron chi connectivity index (χ1n) is 7.24. The molecule has 2 aromatic heterocycles. The summed E-state index contributed by atoms with van der Waals surface area (Å²) in [5, 5.41) is 1.56. The maximum Gasteiger partial charge on any atom is 0.146 e. The van der Waals surface area contributed by atoms with Crippen LogP contribution in [0.15, 0.2) is 71.9 Å². The molecule has 0 bridgehead atoms. The van der Waals surface area contributed by atoms with Crippen LogP contribution in [0.25, 0.3) is 21.9 Å². The number of nitrogens with zero attached hydrogens (tertiary/aromatic N) is 3. The standard InChI is InChI=1S/C18H13N3OS/c22-23(18-11-19-16-7-3-4-8-17(16)21-18)12-14-10-9-13-5-1-2-6-15(13)20-14/h1-11H,12H2. The predicted molar refractivity (Wildman–Crippen MR) is 91.4 cm³/mol. The van der Waals surface area contributed by atoms with Gasteiger partial charge in [-0.1, -0.05) is 36.4 Å². The second-order valence-electron chi connectivity index (χ2n) is 5.18. The summed E-state index contributed by atoms with van der Waals surface area (Å²) in [5.41, 5.74) is 3.26. The van der Waals surface area contributed by atoms with Gasteiger partial charge in [-0.2, -0.15) is 0 Å². The summed E-state index contributed by atoms with van der Waals surface area (Å²) in [6, 6.07) is 19.4. The molecule has 2 heterocycles. The Labute approximate surface area is 135 Å². The fraction of sp³-hybridized carbons (Fsp3) is 0.0556. The van der Waals surface area contributed by atoms with Gasteiger partial charge in [0.1, 0.15) is 5.03 Å². The third-order valence-corrected chi connectivity index (χ3v) is 4.82. The number of para-hydroxylation sites is 3. The molecule has 23 heavy (non-hydrogen) atoms.